The van der Waals surface area contributed by atoms with Crippen molar-refractivity contribution in [2.75, 3.05) is 9.80 Å². The smallest absolute Gasteiger partial charge is 0.135 e. The van der Waals surface area contributed by atoms with Crippen molar-refractivity contribution >= 4 is 44.6 Å². The van der Waals surface area contributed by atoms with Crippen LogP contribution in [0.1, 0.15) is 101 Å². The first-order valence-electron chi connectivity index (χ1n) is 29.3. The Hall–Kier alpha value is -8.76. The molecule has 0 amide bonds. The SMILES string of the molecule is CC(C)(C)c1ccc(C2(c3cc(-c4ccccc4)c(N4[CH-]N(c5[c-]c(Oc6[c-]c7c(cc6)c6ccccc6n7-c6cc(C(C)(C)C)ccn6)ccc5)c5ccccc54)c(-c4ccccc4)c3)c3ccccc3-c3ccc(C(C)(C)C)cc32)cc1.[Pt]. The summed E-state index contributed by atoms with van der Waals surface area (Å²) in [5.41, 5.74) is 21.0. The monoisotopic (exact) mass is 1280 g/mol. The van der Waals surface area contributed by atoms with E-state index in [9.17, 15) is 0 Å². The zero-order chi connectivity index (χ0) is 57.7. The van der Waals surface area contributed by atoms with Gasteiger partial charge < -0.3 is 19.1 Å². The first-order valence-corrected chi connectivity index (χ1v) is 29.3. The van der Waals surface area contributed by atoms with Gasteiger partial charge in [0.15, 0.2) is 0 Å². The number of fused-ring (bicyclic) bond motifs is 7. The third kappa shape index (κ3) is 9.49. The normalized spacial score (nSPS) is 14.7. The van der Waals surface area contributed by atoms with Crippen LogP contribution < -0.4 is 14.5 Å². The Bertz CT molecular complexity index is 4440. The molecule has 1 atom stereocenters. The van der Waals surface area contributed by atoms with E-state index in [1.165, 1.54) is 50.1 Å². The van der Waals surface area contributed by atoms with Crippen molar-refractivity contribution in [3.63, 3.8) is 0 Å². The summed E-state index contributed by atoms with van der Waals surface area (Å²) in [6.45, 7) is 22.8. The molecule has 0 radical (unpaired) electrons. The average molecular weight is 1280 g/mol. The summed E-state index contributed by atoms with van der Waals surface area (Å²) in [5.74, 6) is 2.01. The maximum atomic E-state index is 6.81. The third-order valence-corrected chi connectivity index (χ3v) is 17.3. The van der Waals surface area contributed by atoms with Gasteiger partial charge >= 0.3 is 0 Å². The summed E-state index contributed by atoms with van der Waals surface area (Å²) in [4.78, 5) is 9.55. The van der Waals surface area contributed by atoms with E-state index in [1.54, 1.807) is 0 Å². The standard InChI is InChI=1S/C79H67N4O.Pt/c1-76(2,3)54-35-37-55(38-36-54)79(68-31-18-16-29-62(68)63-41-39-56(47-69(63)79)77(4,5)6)58-45-66(52-23-12-10-13-24-52)75(67(46-58)53-25-14-11-15-26-53)82-51-81(71-33-20-21-34-72(71)82)59-27-22-28-60(49-59)84-61-40-42-65-64-30-17-19-32-70(64)83(73(65)50-61)74-48-57(43-44-80-74)78(7,8)9;/h10-48,51H,1-9H3;/q-3;. The molecule has 0 saturated carbocycles. The van der Waals surface area contributed by atoms with Crippen LogP contribution in [0.15, 0.2) is 237 Å². The van der Waals surface area contributed by atoms with Crippen LogP contribution in [-0.4, -0.2) is 9.55 Å². The molecule has 14 rings (SSSR count). The van der Waals surface area contributed by atoms with Crippen molar-refractivity contribution in [3.05, 3.63) is 294 Å². The van der Waals surface area contributed by atoms with Gasteiger partial charge in [-0.25, -0.2) is 4.98 Å². The Morgan fingerprint density at radius 2 is 1.01 bits per heavy atom. The fourth-order valence-corrected chi connectivity index (χ4v) is 13.0. The first-order chi connectivity index (χ1) is 40.5. The number of hydrogen-bond donors (Lipinski definition) is 0. The van der Waals surface area contributed by atoms with E-state index in [2.05, 4.69) is 308 Å². The van der Waals surface area contributed by atoms with Gasteiger partial charge in [0.25, 0.3) is 0 Å². The number of anilines is 4. The third-order valence-electron chi connectivity index (χ3n) is 17.3. The molecule has 85 heavy (non-hydrogen) atoms. The fraction of sp³-hybridized carbons (Fsp3) is 0.165. The minimum absolute atomic E-state index is 0. The molecule has 6 heteroatoms. The summed E-state index contributed by atoms with van der Waals surface area (Å²) in [6, 6.07) is 92.0. The number of pyridine rings is 1. The van der Waals surface area contributed by atoms with Crippen LogP contribution >= 0.6 is 0 Å². The molecular formula is C79H67N4OPt-3. The molecule has 0 bridgehead atoms. The molecule has 12 aromatic rings. The van der Waals surface area contributed by atoms with Gasteiger partial charge in [0.2, 0.25) is 0 Å². The number of hydrogen-bond acceptors (Lipinski definition) is 4. The molecule has 10 aromatic carbocycles. The zero-order valence-electron chi connectivity index (χ0n) is 49.6. The Morgan fingerprint density at radius 3 is 1.69 bits per heavy atom. The van der Waals surface area contributed by atoms with Crippen molar-refractivity contribution < 1.29 is 25.8 Å². The number of nitrogens with zero attached hydrogens (tertiary/aromatic N) is 4. The van der Waals surface area contributed by atoms with Gasteiger partial charge in [0, 0.05) is 72.5 Å². The van der Waals surface area contributed by atoms with Crippen molar-refractivity contribution in [1.29, 1.82) is 0 Å². The van der Waals surface area contributed by atoms with Crippen molar-refractivity contribution in [1.82, 2.24) is 9.55 Å². The largest absolute Gasteiger partial charge is 0.509 e. The molecule has 2 aromatic heterocycles. The minimum atomic E-state index is -0.685. The van der Waals surface area contributed by atoms with Crippen molar-refractivity contribution in [2.24, 2.45) is 0 Å². The molecule has 0 N–H and O–H groups in total. The summed E-state index contributed by atoms with van der Waals surface area (Å²) in [5, 5.41) is 2.21. The summed E-state index contributed by atoms with van der Waals surface area (Å²) in [6.07, 6.45) is 1.91. The number of benzene rings is 10. The molecule has 5 nitrogen and oxygen atoms in total. The van der Waals surface area contributed by atoms with Crippen LogP contribution in [0.5, 0.6) is 11.5 Å². The number of para-hydroxylation sites is 3. The number of rotatable bonds is 9. The van der Waals surface area contributed by atoms with E-state index in [0.717, 1.165) is 72.6 Å². The van der Waals surface area contributed by atoms with Crippen molar-refractivity contribution in [2.45, 2.75) is 84.0 Å². The predicted molar refractivity (Wildman–Crippen MR) is 349 cm³/mol. The van der Waals surface area contributed by atoms with Gasteiger partial charge in [0.1, 0.15) is 5.82 Å². The molecule has 422 valence electrons. The van der Waals surface area contributed by atoms with E-state index in [4.69, 9.17) is 9.72 Å². The fourth-order valence-electron chi connectivity index (χ4n) is 13.0. The Labute approximate surface area is 515 Å². The second kappa shape index (κ2) is 21.1. The van der Waals surface area contributed by atoms with E-state index in [-0.39, 0.29) is 37.3 Å². The second-order valence-corrected chi connectivity index (χ2v) is 25.7. The van der Waals surface area contributed by atoms with Crippen molar-refractivity contribution in [3.8, 4) is 50.7 Å². The number of aromatic nitrogens is 2. The van der Waals surface area contributed by atoms with Gasteiger partial charge in [-0.3, -0.25) is 0 Å². The van der Waals surface area contributed by atoms with Crippen LogP contribution in [0.2, 0.25) is 0 Å². The van der Waals surface area contributed by atoms with Gasteiger partial charge in [0.05, 0.1) is 5.41 Å². The molecule has 1 aliphatic heterocycles. The Balaban J connectivity index is 0.00000672. The van der Waals surface area contributed by atoms with Crippen LogP contribution in [0.4, 0.5) is 22.7 Å². The number of ether oxygens (including phenoxy) is 1. The summed E-state index contributed by atoms with van der Waals surface area (Å²) in [7, 11) is 0. The van der Waals surface area contributed by atoms with Gasteiger partial charge in [-0.2, -0.15) is 12.1 Å². The van der Waals surface area contributed by atoms with Crippen LogP contribution in [0.3, 0.4) is 0 Å². The van der Waals surface area contributed by atoms with E-state index in [1.807, 2.05) is 24.4 Å². The topological polar surface area (TPSA) is 33.5 Å². The minimum Gasteiger partial charge on any atom is -0.509 e. The average Bonchev–Trinajstić information content (AvgIpc) is 1.63. The maximum absolute atomic E-state index is 6.81. The predicted octanol–water partition coefficient (Wildman–Crippen LogP) is 20.6. The maximum Gasteiger partial charge on any atom is 0.135 e. The molecule has 2 aliphatic rings. The summed E-state index contributed by atoms with van der Waals surface area (Å²) < 4.78 is 9.02. The van der Waals surface area contributed by atoms with Crippen LogP contribution in [0, 0.1) is 18.8 Å². The molecule has 1 unspecified atom stereocenters. The van der Waals surface area contributed by atoms with Gasteiger partial charge in [-0.15, -0.1) is 48.1 Å². The molecule has 0 spiro atoms. The summed E-state index contributed by atoms with van der Waals surface area (Å²) >= 11 is 0. The van der Waals surface area contributed by atoms with Gasteiger partial charge in [-0.05, 0) is 125 Å². The Kier molecular flexibility index (Phi) is 13.7. The van der Waals surface area contributed by atoms with E-state index >= 15 is 0 Å². The Morgan fingerprint density at radius 1 is 0.435 bits per heavy atom. The second-order valence-electron chi connectivity index (χ2n) is 25.7. The van der Waals surface area contributed by atoms with E-state index in [0.29, 0.717) is 11.5 Å². The van der Waals surface area contributed by atoms with Crippen LogP contribution in [0.25, 0.3) is 61.0 Å². The molecule has 1 aliphatic carbocycles. The van der Waals surface area contributed by atoms with Gasteiger partial charge in [-0.1, -0.05) is 226 Å². The molecule has 0 saturated heterocycles. The first kappa shape index (κ1) is 55.4. The molecule has 0 fully saturated rings. The quantitative estimate of drug-likeness (QED) is 0.135. The van der Waals surface area contributed by atoms with Crippen LogP contribution in [-0.2, 0) is 42.7 Å². The zero-order valence-corrected chi connectivity index (χ0v) is 51.9. The molecular weight excluding hydrogens is 1220 g/mol. The molecule has 3 heterocycles. The van der Waals surface area contributed by atoms with E-state index < -0.39 is 5.41 Å².